The van der Waals surface area contributed by atoms with E-state index in [-0.39, 0.29) is 0 Å². The Morgan fingerprint density at radius 2 is 2.17 bits per heavy atom. The summed E-state index contributed by atoms with van der Waals surface area (Å²) in [6.07, 6.45) is 2.18. The summed E-state index contributed by atoms with van der Waals surface area (Å²) in [4.78, 5) is 4.36. The molecule has 0 amide bonds. The summed E-state index contributed by atoms with van der Waals surface area (Å²) in [6, 6.07) is 5.72. The van der Waals surface area contributed by atoms with Gasteiger partial charge in [-0.25, -0.2) is 4.98 Å². The van der Waals surface area contributed by atoms with E-state index in [0.717, 1.165) is 43.6 Å². The van der Waals surface area contributed by atoms with E-state index in [1.165, 1.54) is 0 Å². The third-order valence-corrected chi connectivity index (χ3v) is 3.76. The quantitative estimate of drug-likeness (QED) is 0.908. The highest BCUT2D eigenvalue weighted by Gasteiger charge is 2.17. The van der Waals surface area contributed by atoms with Gasteiger partial charge >= 0.3 is 0 Å². The molecular formula is C13H16ClN3O. The van der Waals surface area contributed by atoms with Crippen molar-refractivity contribution in [2.75, 3.05) is 18.9 Å². The average Bonchev–Trinajstić information content (AvgIpc) is 2.66. The summed E-state index contributed by atoms with van der Waals surface area (Å²) >= 11 is 5.97. The van der Waals surface area contributed by atoms with Gasteiger partial charge in [0.25, 0.3) is 0 Å². The first kappa shape index (κ1) is 11.8. The Labute approximate surface area is 111 Å². The molecule has 0 atom stereocenters. The van der Waals surface area contributed by atoms with Crippen LogP contribution in [0.3, 0.4) is 0 Å². The first-order valence-electron chi connectivity index (χ1n) is 6.23. The molecule has 1 fully saturated rings. The van der Waals surface area contributed by atoms with Crippen LogP contribution in [0.1, 0.15) is 12.8 Å². The van der Waals surface area contributed by atoms with Gasteiger partial charge in [-0.05, 0) is 37.0 Å². The fraction of sp³-hybridized carbons (Fsp3) is 0.462. The van der Waals surface area contributed by atoms with Crippen LogP contribution in [0, 0.1) is 5.92 Å². The Morgan fingerprint density at radius 3 is 2.94 bits per heavy atom. The maximum atomic E-state index is 6.00. The lowest BCUT2D eigenvalue weighted by molar-refractivity contribution is 0.0618. The second-order valence-corrected chi connectivity index (χ2v) is 5.21. The van der Waals surface area contributed by atoms with Crippen molar-refractivity contribution in [2.24, 2.45) is 5.92 Å². The van der Waals surface area contributed by atoms with Crippen molar-refractivity contribution in [3.8, 4) is 0 Å². The number of aromatic nitrogens is 2. The summed E-state index contributed by atoms with van der Waals surface area (Å²) in [6.45, 7) is 2.61. The summed E-state index contributed by atoms with van der Waals surface area (Å²) in [5.74, 6) is 1.19. The summed E-state index contributed by atoms with van der Waals surface area (Å²) < 4.78 is 7.46. The van der Waals surface area contributed by atoms with Crippen LogP contribution in [-0.2, 0) is 11.3 Å². The predicted molar refractivity (Wildman–Crippen MR) is 72.7 cm³/mol. The van der Waals surface area contributed by atoms with Crippen LogP contribution in [-0.4, -0.2) is 22.8 Å². The number of fused-ring (bicyclic) bond motifs is 1. The predicted octanol–water partition coefficient (Wildman–Crippen LogP) is 2.70. The molecule has 0 saturated carbocycles. The molecule has 1 aliphatic rings. The number of anilines is 1. The van der Waals surface area contributed by atoms with Gasteiger partial charge in [0.05, 0.1) is 11.0 Å². The standard InChI is InChI=1S/C13H16ClN3O/c14-10-1-2-12-11(7-10)16-13(15)17(12)8-9-3-5-18-6-4-9/h1-2,7,9H,3-6,8H2,(H2,15,16). The van der Waals surface area contributed by atoms with Crippen molar-refractivity contribution in [3.63, 3.8) is 0 Å². The Balaban J connectivity index is 1.92. The van der Waals surface area contributed by atoms with E-state index >= 15 is 0 Å². The Bertz CT molecular complexity index is 561. The van der Waals surface area contributed by atoms with Gasteiger partial charge in [-0.1, -0.05) is 11.6 Å². The van der Waals surface area contributed by atoms with Crippen LogP contribution < -0.4 is 5.73 Å². The summed E-state index contributed by atoms with van der Waals surface area (Å²) in [5, 5.41) is 0.693. The number of nitrogens with two attached hydrogens (primary N) is 1. The highest BCUT2D eigenvalue weighted by molar-refractivity contribution is 6.31. The molecule has 0 aliphatic carbocycles. The third kappa shape index (κ3) is 2.18. The van der Waals surface area contributed by atoms with E-state index in [1.807, 2.05) is 18.2 Å². The first-order chi connectivity index (χ1) is 8.74. The van der Waals surface area contributed by atoms with E-state index in [4.69, 9.17) is 22.1 Å². The van der Waals surface area contributed by atoms with Gasteiger partial charge in [-0.3, -0.25) is 0 Å². The van der Waals surface area contributed by atoms with Crippen LogP contribution in [0.4, 0.5) is 5.95 Å². The van der Waals surface area contributed by atoms with Crippen LogP contribution in [0.15, 0.2) is 18.2 Å². The highest BCUT2D eigenvalue weighted by Crippen LogP contribution is 2.25. The topological polar surface area (TPSA) is 53.1 Å². The minimum absolute atomic E-state index is 0.568. The number of hydrogen-bond donors (Lipinski definition) is 1. The van der Waals surface area contributed by atoms with Crippen LogP contribution in [0.2, 0.25) is 5.02 Å². The van der Waals surface area contributed by atoms with Crippen LogP contribution >= 0.6 is 11.6 Å². The largest absolute Gasteiger partial charge is 0.381 e. The van der Waals surface area contributed by atoms with Crippen molar-refractivity contribution in [1.82, 2.24) is 9.55 Å². The molecule has 2 N–H and O–H groups in total. The number of imidazole rings is 1. The van der Waals surface area contributed by atoms with Crippen molar-refractivity contribution in [1.29, 1.82) is 0 Å². The van der Waals surface area contributed by atoms with Gasteiger partial charge in [0, 0.05) is 24.8 Å². The van der Waals surface area contributed by atoms with E-state index in [0.29, 0.717) is 16.9 Å². The van der Waals surface area contributed by atoms with E-state index in [9.17, 15) is 0 Å². The zero-order chi connectivity index (χ0) is 12.5. The van der Waals surface area contributed by atoms with Crippen molar-refractivity contribution in [3.05, 3.63) is 23.2 Å². The van der Waals surface area contributed by atoms with Crippen LogP contribution in [0.5, 0.6) is 0 Å². The van der Waals surface area contributed by atoms with Crippen molar-refractivity contribution < 1.29 is 4.74 Å². The lowest BCUT2D eigenvalue weighted by atomic mass is 10.0. The zero-order valence-electron chi connectivity index (χ0n) is 10.1. The maximum Gasteiger partial charge on any atom is 0.201 e. The summed E-state index contributed by atoms with van der Waals surface area (Å²) in [7, 11) is 0. The minimum atomic E-state index is 0.568. The average molecular weight is 266 g/mol. The molecule has 1 saturated heterocycles. The number of benzene rings is 1. The SMILES string of the molecule is Nc1nc2cc(Cl)ccc2n1CC1CCOCC1. The zero-order valence-corrected chi connectivity index (χ0v) is 10.9. The number of halogens is 1. The smallest absolute Gasteiger partial charge is 0.201 e. The first-order valence-corrected chi connectivity index (χ1v) is 6.61. The molecule has 0 radical (unpaired) electrons. The van der Waals surface area contributed by atoms with Gasteiger partial charge in [0.15, 0.2) is 0 Å². The van der Waals surface area contributed by atoms with Gasteiger partial charge < -0.3 is 15.0 Å². The molecule has 5 heteroatoms. The number of ether oxygens (including phenoxy) is 1. The van der Waals surface area contributed by atoms with E-state index in [2.05, 4.69) is 9.55 Å². The third-order valence-electron chi connectivity index (χ3n) is 3.52. The molecule has 2 heterocycles. The van der Waals surface area contributed by atoms with E-state index in [1.54, 1.807) is 0 Å². The van der Waals surface area contributed by atoms with E-state index < -0.39 is 0 Å². The normalized spacial score (nSPS) is 17.4. The van der Waals surface area contributed by atoms with Gasteiger partial charge in [-0.15, -0.1) is 0 Å². The Morgan fingerprint density at radius 1 is 1.39 bits per heavy atom. The number of hydrogen-bond acceptors (Lipinski definition) is 3. The fourth-order valence-electron chi connectivity index (χ4n) is 2.50. The number of nitrogens with zero attached hydrogens (tertiary/aromatic N) is 2. The summed E-state index contributed by atoms with van der Waals surface area (Å²) in [5.41, 5.74) is 7.92. The molecule has 96 valence electrons. The molecule has 3 rings (SSSR count). The minimum Gasteiger partial charge on any atom is -0.381 e. The number of nitrogen functional groups attached to an aromatic ring is 1. The van der Waals surface area contributed by atoms with Crippen LogP contribution in [0.25, 0.3) is 11.0 Å². The molecule has 0 spiro atoms. The molecule has 1 aliphatic heterocycles. The molecule has 18 heavy (non-hydrogen) atoms. The second kappa shape index (κ2) is 4.78. The molecule has 1 aromatic heterocycles. The second-order valence-electron chi connectivity index (χ2n) is 4.77. The molecule has 0 unspecified atom stereocenters. The monoisotopic (exact) mass is 265 g/mol. The lowest BCUT2D eigenvalue weighted by Gasteiger charge is -2.23. The lowest BCUT2D eigenvalue weighted by Crippen LogP contribution is -2.21. The molecule has 0 bridgehead atoms. The Kier molecular flexibility index (Phi) is 3.14. The molecule has 4 nitrogen and oxygen atoms in total. The highest BCUT2D eigenvalue weighted by atomic mass is 35.5. The molecular weight excluding hydrogens is 250 g/mol. The Hall–Kier alpha value is -1.26. The fourth-order valence-corrected chi connectivity index (χ4v) is 2.67. The number of rotatable bonds is 2. The van der Waals surface area contributed by atoms with Gasteiger partial charge in [0.2, 0.25) is 5.95 Å². The molecule has 2 aromatic rings. The maximum absolute atomic E-state index is 6.00. The van der Waals surface area contributed by atoms with Gasteiger partial charge in [-0.2, -0.15) is 0 Å². The van der Waals surface area contributed by atoms with Crippen molar-refractivity contribution >= 4 is 28.6 Å². The molecule has 1 aromatic carbocycles. The van der Waals surface area contributed by atoms with Crippen molar-refractivity contribution in [2.45, 2.75) is 19.4 Å². The van der Waals surface area contributed by atoms with Gasteiger partial charge in [0.1, 0.15) is 0 Å².